The number of hydrogen-bond donors (Lipinski definition) is 2. The minimum atomic E-state index is -0.450. The lowest BCUT2D eigenvalue weighted by Gasteiger charge is -2.33. The van der Waals surface area contributed by atoms with E-state index in [0.29, 0.717) is 0 Å². The molecule has 3 unspecified atom stereocenters. The minimum Gasteiger partial charge on any atom is -0.392 e. The van der Waals surface area contributed by atoms with Crippen LogP contribution in [-0.2, 0) is 4.79 Å². The van der Waals surface area contributed by atoms with E-state index >= 15 is 0 Å². The first-order chi connectivity index (χ1) is 8.71. The molecule has 1 rings (SSSR count). The van der Waals surface area contributed by atoms with Crippen molar-refractivity contribution >= 4 is 5.91 Å². The van der Waals surface area contributed by atoms with Crippen LogP contribution in [0.15, 0.2) is 0 Å². The molecule has 1 aliphatic rings. The predicted molar refractivity (Wildman–Crippen MR) is 77.9 cm³/mol. The fourth-order valence-electron chi connectivity index (χ4n) is 2.63. The highest BCUT2D eigenvalue weighted by molar-refractivity contribution is 5.79. The first-order valence-corrected chi connectivity index (χ1v) is 7.35. The molecule has 0 aromatic rings. The Morgan fingerprint density at radius 2 is 2.00 bits per heavy atom. The molecule has 0 heterocycles. The van der Waals surface area contributed by atoms with Gasteiger partial charge in [0, 0.05) is 6.04 Å². The first-order valence-electron chi connectivity index (χ1n) is 7.35. The number of rotatable bonds is 5. The highest BCUT2D eigenvalue weighted by Crippen LogP contribution is 2.27. The van der Waals surface area contributed by atoms with Gasteiger partial charge in [-0.1, -0.05) is 20.8 Å². The van der Waals surface area contributed by atoms with Gasteiger partial charge in [-0.2, -0.15) is 0 Å². The Kier molecular flexibility index (Phi) is 5.81. The Bertz CT molecular complexity index is 297. The van der Waals surface area contributed by atoms with Crippen LogP contribution in [0.4, 0.5) is 0 Å². The highest BCUT2D eigenvalue weighted by Gasteiger charge is 2.34. The van der Waals surface area contributed by atoms with Crippen molar-refractivity contribution in [1.82, 2.24) is 10.2 Å². The van der Waals surface area contributed by atoms with Gasteiger partial charge in [-0.15, -0.1) is 0 Å². The minimum absolute atomic E-state index is 0.0312. The van der Waals surface area contributed by atoms with E-state index in [0.717, 1.165) is 32.2 Å². The maximum Gasteiger partial charge on any atom is 0.225 e. The fourth-order valence-corrected chi connectivity index (χ4v) is 2.63. The van der Waals surface area contributed by atoms with Gasteiger partial charge in [0.2, 0.25) is 5.91 Å². The van der Waals surface area contributed by atoms with Gasteiger partial charge in [0.05, 0.1) is 12.0 Å². The first kappa shape index (κ1) is 16.4. The Morgan fingerprint density at radius 1 is 1.37 bits per heavy atom. The summed E-state index contributed by atoms with van der Waals surface area (Å²) in [4.78, 5) is 14.4. The van der Waals surface area contributed by atoms with Gasteiger partial charge in [-0.05, 0) is 51.7 Å². The van der Waals surface area contributed by atoms with Crippen LogP contribution in [0, 0.1) is 11.3 Å². The van der Waals surface area contributed by atoms with Crippen LogP contribution in [0.25, 0.3) is 0 Å². The zero-order valence-corrected chi connectivity index (χ0v) is 13.1. The smallest absolute Gasteiger partial charge is 0.225 e. The third kappa shape index (κ3) is 5.11. The molecule has 0 radical (unpaired) electrons. The second-order valence-corrected chi connectivity index (χ2v) is 7.12. The molecule has 1 saturated carbocycles. The van der Waals surface area contributed by atoms with Crippen molar-refractivity contribution in [3.05, 3.63) is 0 Å². The van der Waals surface area contributed by atoms with Gasteiger partial charge < -0.3 is 15.3 Å². The molecule has 112 valence electrons. The van der Waals surface area contributed by atoms with E-state index in [1.807, 2.05) is 14.1 Å². The third-order valence-corrected chi connectivity index (χ3v) is 4.04. The van der Waals surface area contributed by atoms with Gasteiger partial charge in [0.25, 0.3) is 0 Å². The Labute approximate surface area is 117 Å². The molecule has 4 heteroatoms. The largest absolute Gasteiger partial charge is 0.392 e. The summed E-state index contributed by atoms with van der Waals surface area (Å²) in [6.07, 6.45) is 3.02. The maximum absolute atomic E-state index is 12.3. The van der Waals surface area contributed by atoms with Crippen molar-refractivity contribution in [1.29, 1.82) is 0 Å². The molecule has 0 aromatic heterocycles. The van der Waals surface area contributed by atoms with Crippen LogP contribution in [0.1, 0.15) is 46.5 Å². The van der Waals surface area contributed by atoms with Crippen LogP contribution < -0.4 is 5.32 Å². The van der Waals surface area contributed by atoms with Crippen molar-refractivity contribution in [3.8, 4) is 0 Å². The van der Waals surface area contributed by atoms with Crippen molar-refractivity contribution in [2.24, 2.45) is 11.3 Å². The predicted octanol–water partition coefficient (Wildman–Crippen LogP) is 1.63. The molecule has 0 aromatic carbocycles. The van der Waals surface area contributed by atoms with E-state index < -0.39 is 6.10 Å². The Hall–Kier alpha value is -0.610. The molecule has 0 saturated heterocycles. The lowest BCUT2D eigenvalue weighted by molar-refractivity contribution is -0.129. The van der Waals surface area contributed by atoms with Crippen molar-refractivity contribution in [2.75, 3.05) is 20.6 Å². The maximum atomic E-state index is 12.3. The Balaban J connectivity index is 2.58. The number of aliphatic hydroxyl groups excluding tert-OH is 1. The number of nitrogens with one attached hydrogen (secondary N) is 1. The van der Waals surface area contributed by atoms with Crippen molar-refractivity contribution < 1.29 is 9.90 Å². The third-order valence-electron chi connectivity index (χ3n) is 4.04. The molecule has 0 bridgehead atoms. The zero-order valence-electron chi connectivity index (χ0n) is 13.1. The Morgan fingerprint density at radius 3 is 2.42 bits per heavy atom. The standard InChI is InChI=1S/C15H30N2O2/c1-15(2,3)13(9-10-17(4)5)16-14(19)11-7-6-8-12(11)18/h11-13,18H,6-10H2,1-5H3,(H,16,19). The van der Waals surface area contributed by atoms with Gasteiger partial charge in [-0.3, -0.25) is 4.79 Å². The molecule has 4 nitrogen and oxygen atoms in total. The second kappa shape index (κ2) is 6.71. The van der Waals surface area contributed by atoms with Gasteiger partial charge in [0.1, 0.15) is 0 Å². The van der Waals surface area contributed by atoms with E-state index in [4.69, 9.17) is 0 Å². The van der Waals surface area contributed by atoms with Crippen molar-refractivity contribution in [2.45, 2.75) is 58.6 Å². The molecular weight excluding hydrogens is 240 g/mol. The van der Waals surface area contributed by atoms with Gasteiger partial charge in [0.15, 0.2) is 0 Å². The topological polar surface area (TPSA) is 52.6 Å². The number of nitrogens with zero attached hydrogens (tertiary/aromatic N) is 1. The normalized spacial score (nSPS) is 25.6. The van der Waals surface area contributed by atoms with E-state index in [2.05, 4.69) is 31.0 Å². The van der Waals surface area contributed by atoms with Crippen LogP contribution in [-0.4, -0.2) is 48.7 Å². The number of amides is 1. The molecule has 19 heavy (non-hydrogen) atoms. The average molecular weight is 270 g/mol. The summed E-state index contributed by atoms with van der Waals surface area (Å²) in [5.74, 6) is -0.173. The van der Waals surface area contributed by atoms with E-state index in [1.165, 1.54) is 0 Å². The van der Waals surface area contributed by atoms with Crippen LogP contribution >= 0.6 is 0 Å². The molecule has 1 fully saturated rings. The highest BCUT2D eigenvalue weighted by atomic mass is 16.3. The van der Waals surface area contributed by atoms with E-state index in [9.17, 15) is 9.90 Å². The summed E-state index contributed by atoms with van der Waals surface area (Å²) >= 11 is 0. The monoisotopic (exact) mass is 270 g/mol. The van der Waals surface area contributed by atoms with Crippen LogP contribution in [0.2, 0.25) is 0 Å². The number of carbonyl (C=O) groups is 1. The fraction of sp³-hybridized carbons (Fsp3) is 0.933. The molecule has 1 aliphatic carbocycles. The SMILES string of the molecule is CN(C)CCC(NC(=O)C1CCCC1O)C(C)(C)C. The molecular formula is C15H30N2O2. The molecule has 0 spiro atoms. The number of aliphatic hydroxyl groups is 1. The van der Waals surface area contributed by atoms with E-state index in [1.54, 1.807) is 0 Å². The summed E-state index contributed by atoms with van der Waals surface area (Å²) < 4.78 is 0. The van der Waals surface area contributed by atoms with Gasteiger partial charge in [-0.25, -0.2) is 0 Å². The summed E-state index contributed by atoms with van der Waals surface area (Å²) in [6, 6.07) is 0.148. The van der Waals surface area contributed by atoms with Crippen LogP contribution in [0.3, 0.4) is 0 Å². The summed E-state index contributed by atoms with van der Waals surface area (Å²) in [5.41, 5.74) is 0.0369. The quantitative estimate of drug-likeness (QED) is 0.798. The van der Waals surface area contributed by atoms with Crippen molar-refractivity contribution in [3.63, 3.8) is 0 Å². The molecule has 3 atom stereocenters. The second-order valence-electron chi connectivity index (χ2n) is 7.12. The number of carbonyl (C=O) groups excluding carboxylic acids is 1. The zero-order chi connectivity index (χ0) is 14.6. The average Bonchev–Trinajstić information content (AvgIpc) is 2.68. The summed E-state index contributed by atoms with van der Waals surface area (Å²) in [5, 5.41) is 13.0. The summed E-state index contributed by atoms with van der Waals surface area (Å²) in [6.45, 7) is 7.41. The lowest BCUT2D eigenvalue weighted by atomic mass is 9.84. The molecule has 1 amide bonds. The summed E-state index contributed by atoms with van der Waals surface area (Å²) in [7, 11) is 4.09. The molecule has 2 N–H and O–H groups in total. The van der Waals surface area contributed by atoms with Crippen LogP contribution in [0.5, 0.6) is 0 Å². The lowest BCUT2D eigenvalue weighted by Crippen LogP contribution is -2.48. The number of hydrogen-bond acceptors (Lipinski definition) is 3. The van der Waals surface area contributed by atoms with E-state index in [-0.39, 0.29) is 23.3 Å². The van der Waals surface area contributed by atoms with Gasteiger partial charge >= 0.3 is 0 Å². The molecule has 0 aliphatic heterocycles.